The topological polar surface area (TPSA) is 64.4 Å². The number of hydrogen-bond acceptors (Lipinski definition) is 3. The molecule has 0 spiro atoms. The molecule has 1 amide bonds. The highest BCUT2D eigenvalue weighted by Crippen LogP contribution is 2.36. The minimum Gasteiger partial charge on any atom is -0.455 e. The zero-order valence-electron chi connectivity index (χ0n) is 11.4. The van der Waals surface area contributed by atoms with Gasteiger partial charge in [0, 0.05) is 12.6 Å². The smallest absolute Gasteiger partial charge is 0.250 e. The second-order valence-electron chi connectivity index (χ2n) is 4.93. The number of primary amides is 1. The van der Waals surface area contributed by atoms with E-state index in [1.54, 1.807) is 18.2 Å². The Morgan fingerprint density at radius 1 is 1.29 bits per heavy atom. The molecule has 1 heterocycles. The Hall–Kier alpha value is -2.20. The molecule has 0 atom stereocenters. The molecule has 1 aliphatic heterocycles. The van der Waals surface area contributed by atoms with Crippen LogP contribution >= 0.6 is 11.6 Å². The molecule has 3 rings (SSSR count). The monoisotopic (exact) mass is 302 g/mol. The number of carbonyl (C=O) groups excluding carboxylic acids is 1. The molecular weight excluding hydrogens is 288 g/mol. The van der Waals surface area contributed by atoms with Crippen molar-refractivity contribution in [2.75, 3.05) is 11.9 Å². The Morgan fingerprint density at radius 3 is 2.90 bits per heavy atom. The predicted octanol–water partition coefficient (Wildman–Crippen LogP) is 3.59. The number of aryl methyl sites for hydroxylation is 1. The van der Waals surface area contributed by atoms with Crippen LogP contribution in [0.5, 0.6) is 11.5 Å². The van der Waals surface area contributed by atoms with Gasteiger partial charge in [-0.1, -0.05) is 23.7 Å². The van der Waals surface area contributed by atoms with Crippen LogP contribution in [0.25, 0.3) is 0 Å². The van der Waals surface area contributed by atoms with Crippen molar-refractivity contribution in [3.63, 3.8) is 0 Å². The molecule has 4 nitrogen and oxygen atoms in total. The Morgan fingerprint density at radius 2 is 2.14 bits per heavy atom. The molecule has 0 bridgehead atoms. The van der Waals surface area contributed by atoms with E-state index in [0.717, 1.165) is 30.8 Å². The van der Waals surface area contributed by atoms with Gasteiger partial charge in [0.25, 0.3) is 0 Å². The minimum atomic E-state index is -0.551. The van der Waals surface area contributed by atoms with Gasteiger partial charge in [-0.25, -0.2) is 0 Å². The van der Waals surface area contributed by atoms with Crippen molar-refractivity contribution >= 4 is 23.2 Å². The molecule has 0 unspecified atom stereocenters. The number of fused-ring (bicyclic) bond motifs is 1. The molecule has 2 aromatic carbocycles. The quantitative estimate of drug-likeness (QED) is 0.910. The van der Waals surface area contributed by atoms with Crippen molar-refractivity contribution < 1.29 is 9.53 Å². The number of nitrogens with one attached hydrogen (secondary N) is 1. The average molecular weight is 303 g/mol. The molecule has 3 N–H and O–H groups in total. The third kappa shape index (κ3) is 2.81. The van der Waals surface area contributed by atoms with Gasteiger partial charge in [-0.05, 0) is 36.6 Å². The lowest BCUT2D eigenvalue weighted by molar-refractivity contribution is 0.100. The van der Waals surface area contributed by atoms with Gasteiger partial charge >= 0.3 is 0 Å². The van der Waals surface area contributed by atoms with E-state index in [4.69, 9.17) is 22.1 Å². The molecule has 0 saturated heterocycles. The standard InChI is InChI=1S/C16H15ClN2O2/c17-13-9-11(6-7-12(13)16(18)20)21-14-5-1-3-10-4-2-8-19-15(10)14/h1,3,5-7,9,19H,2,4,8H2,(H2,18,20). The molecular formula is C16H15ClN2O2. The summed E-state index contributed by atoms with van der Waals surface area (Å²) in [6.45, 7) is 0.939. The lowest BCUT2D eigenvalue weighted by Crippen LogP contribution is -2.12. The Labute approximate surface area is 127 Å². The minimum absolute atomic E-state index is 0.289. The largest absolute Gasteiger partial charge is 0.455 e. The van der Waals surface area contributed by atoms with Crippen LogP contribution in [0.3, 0.4) is 0 Å². The summed E-state index contributed by atoms with van der Waals surface area (Å²) in [7, 11) is 0. The van der Waals surface area contributed by atoms with Gasteiger partial charge in [0.2, 0.25) is 5.91 Å². The summed E-state index contributed by atoms with van der Waals surface area (Å²) in [5.41, 5.74) is 7.80. The van der Waals surface area contributed by atoms with E-state index in [1.807, 2.05) is 12.1 Å². The van der Waals surface area contributed by atoms with E-state index in [2.05, 4.69) is 11.4 Å². The number of halogens is 1. The number of amides is 1. The summed E-state index contributed by atoms with van der Waals surface area (Å²) in [6.07, 6.45) is 2.16. The van der Waals surface area contributed by atoms with E-state index < -0.39 is 5.91 Å². The zero-order chi connectivity index (χ0) is 14.8. The molecule has 2 aromatic rings. The highest BCUT2D eigenvalue weighted by molar-refractivity contribution is 6.33. The summed E-state index contributed by atoms with van der Waals surface area (Å²) < 4.78 is 5.89. The van der Waals surface area contributed by atoms with Crippen molar-refractivity contribution in [3.05, 3.63) is 52.5 Å². The summed E-state index contributed by atoms with van der Waals surface area (Å²) in [5, 5.41) is 3.65. The van der Waals surface area contributed by atoms with E-state index in [9.17, 15) is 4.79 Å². The Kier molecular flexibility index (Phi) is 3.71. The summed E-state index contributed by atoms with van der Waals surface area (Å²) in [6, 6.07) is 10.8. The van der Waals surface area contributed by atoms with Gasteiger partial charge in [-0.2, -0.15) is 0 Å². The van der Waals surface area contributed by atoms with Crippen LogP contribution in [0.15, 0.2) is 36.4 Å². The van der Waals surface area contributed by atoms with Crippen molar-refractivity contribution in [2.24, 2.45) is 5.73 Å². The number of benzene rings is 2. The van der Waals surface area contributed by atoms with Gasteiger partial charge in [0.05, 0.1) is 16.3 Å². The first-order valence-corrected chi connectivity index (χ1v) is 7.16. The molecule has 0 aromatic heterocycles. The molecule has 0 aliphatic carbocycles. The molecule has 0 radical (unpaired) electrons. The normalized spacial score (nSPS) is 13.2. The van der Waals surface area contributed by atoms with Crippen LogP contribution < -0.4 is 15.8 Å². The number of ether oxygens (including phenoxy) is 1. The predicted molar refractivity (Wildman–Crippen MR) is 83.3 cm³/mol. The van der Waals surface area contributed by atoms with E-state index in [0.29, 0.717) is 5.75 Å². The second-order valence-corrected chi connectivity index (χ2v) is 5.34. The molecule has 108 valence electrons. The van der Waals surface area contributed by atoms with Crippen molar-refractivity contribution in [1.29, 1.82) is 0 Å². The van der Waals surface area contributed by atoms with Crippen LogP contribution in [-0.4, -0.2) is 12.5 Å². The average Bonchev–Trinajstić information content (AvgIpc) is 2.47. The molecule has 0 fully saturated rings. The zero-order valence-corrected chi connectivity index (χ0v) is 12.1. The SMILES string of the molecule is NC(=O)c1ccc(Oc2cccc3c2NCCC3)cc1Cl. The van der Waals surface area contributed by atoms with E-state index in [1.165, 1.54) is 5.56 Å². The first-order chi connectivity index (χ1) is 10.1. The number of nitrogens with two attached hydrogens (primary N) is 1. The number of para-hydroxylation sites is 1. The van der Waals surface area contributed by atoms with E-state index in [-0.39, 0.29) is 10.6 Å². The fourth-order valence-corrected chi connectivity index (χ4v) is 2.71. The summed E-state index contributed by atoms with van der Waals surface area (Å²) >= 11 is 6.04. The maximum atomic E-state index is 11.2. The van der Waals surface area contributed by atoms with Crippen LogP contribution in [0.2, 0.25) is 5.02 Å². The van der Waals surface area contributed by atoms with Crippen molar-refractivity contribution in [3.8, 4) is 11.5 Å². The second kappa shape index (κ2) is 5.66. The number of hydrogen-bond donors (Lipinski definition) is 2. The highest BCUT2D eigenvalue weighted by Gasteiger charge is 2.14. The lowest BCUT2D eigenvalue weighted by atomic mass is 10.0. The van der Waals surface area contributed by atoms with Crippen molar-refractivity contribution in [2.45, 2.75) is 12.8 Å². The highest BCUT2D eigenvalue weighted by atomic mass is 35.5. The van der Waals surface area contributed by atoms with Gasteiger partial charge in [-0.15, -0.1) is 0 Å². The van der Waals surface area contributed by atoms with Gasteiger partial charge in [-0.3, -0.25) is 4.79 Å². The summed E-state index contributed by atoms with van der Waals surface area (Å²) in [4.78, 5) is 11.2. The fraction of sp³-hybridized carbons (Fsp3) is 0.188. The summed E-state index contributed by atoms with van der Waals surface area (Å²) in [5.74, 6) is 0.783. The maximum absolute atomic E-state index is 11.2. The van der Waals surface area contributed by atoms with Crippen molar-refractivity contribution in [1.82, 2.24) is 0 Å². The number of carbonyl (C=O) groups is 1. The first kappa shape index (κ1) is 13.8. The van der Waals surface area contributed by atoms with Crippen LogP contribution in [0.4, 0.5) is 5.69 Å². The van der Waals surface area contributed by atoms with Gasteiger partial charge in [0.15, 0.2) is 5.75 Å². The van der Waals surface area contributed by atoms with Crippen LogP contribution in [-0.2, 0) is 6.42 Å². The van der Waals surface area contributed by atoms with Gasteiger partial charge < -0.3 is 15.8 Å². The molecule has 1 aliphatic rings. The Bertz CT molecular complexity index is 701. The number of anilines is 1. The fourth-order valence-electron chi connectivity index (χ4n) is 2.45. The van der Waals surface area contributed by atoms with Crippen LogP contribution in [0, 0.1) is 0 Å². The third-order valence-electron chi connectivity index (χ3n) is 3.47. The molecule has 21 heavy (non-hydrogen) atoms. The molecule has 0 saturated carbocycles. The lowest BCUT2D eigenvalue weighted by Gasteiger charge is -2.21. The maximum Gasteiger partial charge on any atom is 0.250 e. The Balaban J connectivity index is 1.91. The van der Waals surface area contributed by atoms with Gasteiger partial charge in [0.1, 0.15) is 5.75 Å². The first-order valence-electron chi connectivity index (χ1n) is 6.78. The van der Waals surface area contributed by atoms with Crippen LogP contribution in [0.1, 0.15) is 22.3 Å². The molecule has 5 heteroatoms. The number of rotatable bonds is 3. The van der Waals surface area contributed by atoms with E-state index >= 15 is 0 Å². The third-order valence-corrected chi connectivity index (χ3v) is 3.78.